The Kier molecular flexibility index (Phi) is 6.07. The van der Waals surface area contributed by atoms with Gasteiger partial charge in [-0.2, -0.15) is 0 Å². The fourth-order valence-corrected chi connectivity index (χ4v) is 2.84. The lowest BCUT2D eigenvalue weighted by Gasteiger charge is -2.23. The lowest BCUT2D eigenvalue weighted by Crippen LogP contribution is -2.36. The molecule has 2 N–H and O–H groups in total. The second kappa shape index (κ2) is 7.81. The molecule has 0 spiro atoms. The third kappa shape index (κ3) is 4.45. The van der Waals surface area contributed by atoms with E-state index >= 15 is 0 Å². The lowest BCUT2D eigenvalue weighted by atomic mass is 10.0. The van der Waals surface area contributed by atoms with Crippen molar-refractivity contribution in [1.29, 1.82) is 0 Å². The molecular weight excluding hydrogens is 305 g/mol. The average Bonchev–Trinajstić information content (AvgIpc) is 2.50. The molecule has 0 aliphatic carbocycles. The van der Waals surface area contributed by atoms with E-state index < -0.39 is 0 Å². The van der Waals surface area contributed by atoms with Crippen molar-refractivity contribution in [1.82, 2.24) is 5.32 Å². The maximum absolute atomic E-state index is 9.59. The molecule has 0 saturated heterocycles. The number of aliphatic hydroxyl groups excluding tert-OH is 1. The molecule has 0 heterocycles. The highest BCUT2D eigenvalue weighted by atomic mass is 35.5. The van der Waals surface area contributed by atoms with Crippen LogP contribution in [0.3, 0.4) is 0 Å². The molecule has 0 bridgehead atoms. The van der Waals surface area contributed by atoms with Crippen LogP contribution in [0.1, 0.15) is 24.1 Å². The molecular formula is C17H19Cl2NO. The van der Waals surface area contributed by atoms with Crippen molar-refractivity contribution in [2.24, 2.45) is 0 Å². The van der Waals surface area contributed by atoms with Crippen LogP contribution in [0.5, 0.6) is 0 Å². The number of hydrogen-bond donors (Lipinski definition) is 2. The number of benzene rings is 2. The molecule has 0 aliphatic heterocycles. The molecule has 2 atom stereocenters. The van der Waals surface area contributed by atoms with E-state index in [0.29, 0.717) is 10.0 Å². The molecule has 112 valence electrons. The van der Waals surface area contributed by atoms with E-state index in [-0.39, 0.29) is 18.7 Å². The summed E-state index contributed by atoms with van der Waals surface area (Å²) in [6.45, 7) is 2.09. The largest absolute Gasteiger partial charge is 0.395 e. The van der Waals surface area contributed by atoms with Gasteiger partial charge in [0.15, 0.2) is 0 Å². The van der Waals surface area contributed by atoms with E-state index in [1.807, 2.05) is 37.3 Å². The van der Waals surface area contributed by atoms with Crippen molar-refractivity contribution in [3.63, 3.8) is 0 Å². The number of halogens is 2. The molecule has 2 rings (SSSR count). The van der Waals surface area contributed by atoms with E-state index in [1.165, 1.54) is 5.56 Å². The molecule has 2 aromatic rings. The Balaban J connectivity index is 2.06. The molecule has 21 heavy (non-hydrogen) atoms. The maximum atomic E-state index is 9.59. The third-order valence-corrected chi connectivity index (χ3v) is 4.31. The minimum absolute atomic E-state index is 0.0112. The summed E-state index contributed by atoms with van der Waals surface area (Å²) in [7, 11) is 0. The normalized spacial score (nSPS) is 13.9. The molecule has 0 aromatic heterocycles. The van der Waals surface area contributed by atoms with Crippen LogP contribution in [0.25, 0.3) is 0 Å². The van der Waals surface area contributed by atoms with Gasteiger partial charge in [0.25, 0.3) is 0 Å². The van der Waals surface area contributed by atoms with E-state index in [9.17, 15) is 5.11 Å². The first kappa shape index (κ1) is 16.3. The van der Waals surface area contributed by atoms with Gasteiger partial charge in [0.05, 0.1) is 16.7 Å². The Morgan fingerprint density at radius 1 is 1.05 bits per heavy atom. The number of rotatable bonds is 6. The molecule has 1 unspecified atom stereocenters. The van der Waals surface area contributed by atoms with Gasteiger partial charge in [0, 0.05) is 12.1 Å². The highest BCUT2D eigenvalue weighted by Gasteiger charge is 2.16. The molecule has 4 heteroatoms. The first-order chi connectivity index (χ1) is 10.1. The zero-order valence-electron chi connectivity index (χ0n) is 11.9. The van der Waals surface area contributed by atoms with Crippen LogP contribution >= 0.6 is 23.2 Å². The second-order valence-corrected chi connectivity index (χ2v) is 5.89. The van der Waals surface area contributed by atoms with Crippen LogP contribution in [0, 0.1) is 0 Å². The van der Waals surface area contributed by atoms with E-state index in [1.54, 1.807) is 6.07 Å². The summed E-state index contributed by atoms with van der Waals surface area (Å²) in [6, 6.07) is 15.7. The standard InChI is InChI=1S/C17H19Cl2NO/c1-12(15-8-5-9-16(18)17(15)19)20-14(11-21)10-13-6-3-2-4-7-13/h2-9,12,14,20-21H,10-11H2,1H3/t12?,14-/m0/s1. The SMILES string of the molecule is CC(N[C@H](CO)Cc1ccccc1)c1cccc(Cl)c1Cl. The molecule has 2 nitrogen and oxygen atoms in total. The summed E-state index contributed by atoms with van der Waals surface area (Å²) < 4.78 is 0. The fraction of sp³-hybridized carbons (Fsp3) is 0.294. The van der Waals surface area contributed by atoms with Gasteiger partial charge < -0.3 is 10.4 Å². The Hall–Kier alpha value is -1.06. The first-order valence-corrected chi connectivity index (χ1v) is 7.72. The zero-order valence-corrected chi connectivity index (χ0v) is 13.4. The predicted molar refractivity (Wildman–Crippen MR) is 89.0 cm³/mol. The van der Waals surface area contributed by atoms with Gasteiger partial charge in [-0.25, -0.2) is 0 Å². The van der Waals surface area contributed by atoms with E-state index in [0.717, 1.165) is 12.0 Å². The summed E-state index contributed by atoms with van der Waals surface area (Å²) in [4.78, 5) is 0. The molecule has 0 saturated carbocycles. The van der Waals surface area contributed by atoms with Gasteiger partial charge in [-0.15, -0.1) is 0 Å². The smallest absolute Gasteiger partial charge is 0.0639 e. The zero-order chi connectivity index (χ0) is 15.2. The van der Waals surface area contributed by atoms with E-state index in [4.69, 9.17) is 23.2 Å². The summed E-state index contributed by atoms with van der Waals surface area (Å²) in [5.74, 6) is 0. The fourth-order valence-electron chi connectivity index (χ4n) is 2.37. The average molecular weight is 324 g/mol. The minimum atomic E-state index is -0.0301. The van der Waals surface area contributed by atoms with Crippen LogP contribution in [0.2, 0.25) is 10.0 Å². The van der Waals surface area contributed by atoms with Crippen LogP contribution in [0.15, 0.2) is 48.5 Å². The monoisotopic (exact) mass is 323 g/mol. The van der Waals surface area contributed by atoms with Crippen molar-refractivity contribution < 1.29 is 5.11 Å². The highest BCUT2D eigenvalue weighted by molar-refractivity contribution is 6.42. The molecule has 0 amide bonds. The predicted octanol–water partition coefficient (Wildman–Crippen LogP) is 4.25. The van der Waals surface area contributed by atoms with Crippen LogP contribution in [-0.2, 0) is 6.42 Å². The second-order valence-electron chi connectivity index (χ2n) is 5.10. The van der Waals surface area contributed by atoms with Crippen molar-refractivity contribution in [2.75, 3.05) is 6.61 Å². The minimum Gasteiger partial charge on any atom is -0.395 e. The van der Waals surface area contributed by atoms with Crippen LogP contribution < -0.4 is 5.32 Å². The van der Waals surface area contributed by atoms with Gasteiger partial charge in [0.1, 0.15) is 0 Å². The lowest BCUT2D eigenvalue weighted by molar-refractivity contribution is 0.232. The highest BCUT2D eigenvalue weighted by Crippen LogP contribution is 2.30. The van der Waals surface area contributed by atoms with Gasteiger partial charge >= 0.3 is 0 Å². The van der Waals surface area contributed by atoms with Crippen molar-refractivity contribution >= 4 is 23.2 Å². The summed E-state index contributed by atoms with van der Waals surface area (Å²) >= 11 is 12.3. The quantitative estimate of drug-likeness (QED) is 0.833. The number of nitrogens with one attached hydrogen (secondary N) is 1. The Morgan fingerprint density at radius 2 is 1.76 bits per heavy atom. The van der Waals surface area contributed by atoms with Crippen molar-refractivity contribution in [2.45, 2.75) is 25.4 Å². The van der Waals surface area contributed by atoms with Crippen LogP contribution in [-0.4, -0.2) is 17.8 Å². The Labute approximate surface area is 135 Å². The molecule has 0 radical (unpaired) electrons. The molecule has 0 fully saturated rings. The Morgan fingerprint density at radius 3 is 2.43 bits per heavy atom. The Bertz CT molecular complexity index is 574. The topological polar surface area (TPSA) is 32.3 Å². The van der Waals surface area contributed by atoms with Gasteiger partial charge in [-0.1, -0.05) is 65.7 Å². The van der Waals surface area contributed by atoms with Crippen molar-refractivity contribution in [3.05, 3.63) is 69.7 Å². The third-order valence-electron chi connectivity index (χ3n) is 3.48. The first-order valence-electron chi connectivity index (χ1n) is 6.96. The number of aliphatic hydroxyl groups is 1. The molecule has 2 aromatic carbocycles. The van der Waals surface area contributed by atoms with Crippen LogP contribution in [0.4, 0.5) is 0 Å². The maximum Gasteiger partial charge on any atom is 0.0639 e. The van der Waals surface area contributed by atoms with Crippen molar-refractivity contribution in [3.8, 4) is 0 Å². The summed E-state index contributed by atoms with van der Waals surface area (Å²) in [6.07, 6.45) is 0.764. The molecule has 0 aliphatic rings. The van der Waals surface area contributed by atoms with Gasteiger partial charge in [0.2, 0.25) is 0 Å². The number of hydrogen-bond acceptors (Lipinski definition) is 2. The van der Waals surface area contributed by atoms with Gasteiger partial charge in [-0.3, -0.25) is 0 Å². The summed E-state index contributed by atoms with van der Waals surface area (Å²) in [5.41, 5.74) is 2.13. The van der Waals surface area contributed by atoms with Gasteiger partial charge in [-0.05, 0) is 30.5 Å². The summed E-state index contributed by atoms with van der Waals surface area (Å²) in [5, 5.41) is 14.1. The van der Waals surface area contributed by atoms with E-state index in [2.05, 4.69) is 17.4 Å².